The summed E-state index contributed by atoms with van der Waals surface area (Å²) >= 11 is 0. The van der Waals surface area contributed by atoms with E-state index in [4.69, 9.17) is 0 Å². The zero-order valence-electron chi connectivity index (χ0n) is 12.1. The van der Waals surface area contributed by atoms with E-state index in [0.717, 1.165) is 18.0 Å². The molecule has 17 heavy (non-hydrogen) atoms. The summed E-state index contributed by atoms with van der Waals surface area (Å²) < 4.78 is 0. The molecule has 3 atom stereocenters. The maximum atomic E-state index is 4.04. The highest BCUT2D eigenvalue weighted by Crippen LogP contribution is 2.36. The number of hydrogen-bond donors (Lipinski definition) is 1. The Morgan fingerprint density at radius 1 is 0.882 bits per heavy atom. The van der Waals surface area contributed by atoms with Crippen LogP contribution < -0.4 is 5.32 Å². The molecule has 0 saturated heterocycles. The predicted octanol–water partition coefficient (Wildman–Crippen LogP) is 4.51. The van der Waals surface area contributed by atoms with E-state index in [0.29, 0.717) is 5.41 Å². The molecule has 0 bridgehead atoms. The summed E-state index contributed by atoms with van der Waals surface area (Å²) in [5.74, 6) is 0.884. The van der Waals surface area contributed by atoms with Crippen LogP contribution in [0.25, 0.3) is 0 Å². The fraction of sp³-hybridized carbons (Fsp3) is 1.00. The first-order valence-electron chi connectivity index (χ1n) is 7.86. The van der Waals surface area contributed by atoms with E-state index in [1.54, 1.807) is 0 Å². The lowest BCUT2D eigenvalue weighted by Gasteiger charge is -2.42. The lowest BCUT2D eigenvalue weighted by atomic mass is 9.72. The molecule has 2 rings (SSSR count). The standard InChI is InChI=1S/C16H31N/c1-13-9-5-4-6-10-14(13)17-15-11-7-8-12-16(15,2)3/h13-15,17H,4-12H2,1-3H3. The molecule has 2 fully saturated rings. The molecule has 2 saturated carbocycles. The van der Waals surface area contributed by atoms with Crippen molar-refractivity contribution in [1.29, 1.82) is 0 Å². The minimum absolute atomic E-state index is 0.518. The molecule has 1 nitrogen and oxygen atoms in total. The third-order valence-corrected chi connectivity index (χ3v) is 5.28. The largest absolute Gasteiger partial charge is 0.310 e. The van der Waals surface area contributed by atoms with E-state index in [2.05, 4.69) is 26.1 Å². The van der Waals surface area contributed by atoms with E-state index < -0.39 is 0 Å². The van der Waals surface area contributed by atoms with Gasteiger partial charge in [0.1, 0.15) is 0 Å². The van der Waals surface area contributed by atoms with Gasteiger partial charge in [-0.15, -0.1) is 0 Å². The molecule has 0 aromatic carbocycles. The highest BCUT2D eigenvalue weighted by atomic mass is 15.0. The molecule has 1 N–H and O–H groups in total. The van der Waals surface area contributed by atoms with Gasteiger partial charge in [-0.05, 0) is 37.0 Å². The summed E-state index contributed by atoms with van der Waals surface area (Å²) in [6.07, 6.45) is 12.9. The van der Waals surface area contributed by atoms with Gasteiger partial charge in [0, 0.05) is 12.1 Å². The molecular weight excluding hydrogens is 206 g/mol. The van der Waals surface area contributed by atoms with E-state index in [9.17, 15) is 0 Å². The predicted molar refractivity (Wildman–Crippen MR) is 75.2 cm³/mol. The zero-order chi connectivity index (χ0) is 12.3. The number of nitrogens with one attached hydrogen (secondary N) is 1. The van der Waals surface area contributed by atoms with Crippen molar-refractivity contribution in [1.82, 2.24) is 5.32 Å². The van der Waals surface area contributed by atoms with E-state index in [1.165, 1.54) is 57.8 Å². The Kier molecular flexibility index (Phi) is 4.52. The molecule has 0 aliphatic heterocycles. The molecule has 3 unspecified atom stereocenters. The van der Waals surface area contributed by atoms with Gasteiger partial charge in [0.25, 0.3) is 0 Å². The lowest BCUT2D eigenvalue weighted by molar-refractivity contribution is 0.141. The molecule has 1 heteroatoms. The van der Waals surface area contributed by atoms with E-state index in [-0.39, 0.29) is 0 Å². The van der Waals surface area contributed by atoms with Crippen LogP contribution in [0.15, 0.2) is 0 Å². The van der Waals surface area contributed by atoms with Crippen molar-refractivity contribution in [3.63, 3.8) is 0 Å². The fourth-order valence-electron chi connectivity index (χ4n) is 3.80. The molecule has 2 aliphatic rings. The SMILES string of the molecule is CC1CCCCCC1NC1CCCCC1(C)C. The molecule has 0 aromatic heterocycles. The Balaban J connectivity index is 1.93. The topological polar surface area (TPSA) is 12.0 Å². The van der Waals surface area contributed by atoms with Crippen LogP contribution in [0.2, 0.25) is 0 Å². The Hall–Kier alpha value is -0.0400. The van der Waals surface area contributed by atoms with Crippen molar-refractivity contribution in [2.45, 2.75) is 90.6 Å². The minimum atomic E-state index is 0.518. The number of hydrogen-bond acceptors (Lipinski definition) is 1. The minimum Gasteiger partial charge on any atom is -0.310 e. The van der Waals surface area contributed by atoms with Crippen molar-refractivity contribution in [2.24, 2.45) is 11.3 Å². The van der Waals surface area contributed by atoms with Crippen LogP contribution in [0, 0.1) is 11.3 Å². The van der Waals surface area contributed by atoms with Crippen LogP contribution in [0.3, 0.4) is 0 Å². The fourth-order valence-corrected chi connectivity index (χ4v) is 3.80. The van der Waals surface area contributed by atoms with Gasteiger partial charge in [0.05, 0.1) is 0 Å². The molecular formula is C16H31N. The molecule has 100 valence electrons. The summed E-state index contributed by atoms with van der Waals surface area (Å²) in [4.78, 5) is 0. The first-order valence-corrected chi connectivity index (χ1v) is 7.86. The maximum Gasteiger partial charge on any atom is 0.0121 e. The summed E-state index contributed by atoms with van der Waals surface area (Å²) in [5.41, 5.74) is 0.518. The molecule has 0 aromatic rings. The maximum absolute atomic E-state index is 4.04. The Bertz CT molecular complexity index is 234. The molecule has 0 heterocycles. The van der Waals surface area contributed by atoms with E-state index in [1.807, 2.05) is 0 Å². The first kappa shape index (κ1) is 13.4. The summed E-state index contributed by atoms with van der Waals surface area (Å²) in [5, 5.41) is 4.04. The smallest absolute Gasteiger partial charge is 0.0121 e. The van der Waals surface area contributed by atoms with E-state index >= 15 is 0 Å². The Morgan fingerprint density at radius 3 is 2.35 bits per heavy atom. The Morgan fingerprint density at radius 2 is 1.59 bits per heavy atom. The van der Waals surface area contributed by atoms with Crippen LogP contribution in [-0.4, -0.2) is 12.1 Å². The second-order valence-electron chi connectivity index (χ2n) is 7.18. The van der Waals surface area contributed by atoms with Crippen molar-refractivity contribution in [3.05, 3.63) is 0 Å². The monoisotopic (exact) mass is 237 g/mol. The van der Waals surface area contributed by atoms with Gasteiger partial charge in [-0.1, -0.05) is 52.9 Å². The van der Waals surface area contributed by atoms with Gasteiger partial charge in [-0.3, -0.25) is 0 Å². The van der Waals surface area contributed by atoms with Gasteiger partial charge < -0.3 is 5.32 Å². The second kappa shape index (κ2) is 5.73. The lowest BCUT2D eigenvalue weighted by Crippen LogP contribution is -2.50. The Labute approximate surface area is 108 Å². The molecule has 0 spiro atoms. The summed E-state index contributed by atoms with van der Waals surface area (Å²) in [7, 11) is 0. The van der Waals surface area contributed by atoms with Gasteiger partial charge >= 0.3 is 0 Å². The third kappa shape index (κ3) is 3.47. The normalized spacial score (nSPS) is 38.6. The summed E-state index contributed by atoms with van der Waals surface area (Å²) in [6, 6.07) is 1.56. The quantitative estimate of drug-likeness (QED) is 0.697. The van der Waals surface area contributed by atoms with Gasteiger partial charge in [0.15, 0.2) is 0 Å². The first-order chi connectivity index (χ1) is 8.09. The molecule has 0 radical (unpaired) electrons. The van der Waals surface area contributed by atoms with Crippen LogP contribution in [0.4, 0.5) is 0 Å². The van der Waals surface area contributed by atoms with Crippen molar-refractivity contribution in [2.75, 3.05) is 0 Å². The average molecular weight is 237 g/mol. The van der Waals surface area contributed by atoms with Crippen LogP contribution >= 0.6 is 0 Å². The van der Waals surface area contributed by atoms with Crippen LogP contribution in [0.5, 0.6) is 0 Å². The van der Waals surface area contributed by atoms with Crippen LogP contribution in [-0.2, 0) is 0 Å². The highest BCUT2D eigenvalue weighted by molar-refractivity contribution is 4.91. The van der Waals surface area contributed by atoms with Crippen LogP contribution in [0.1, 0.15) is 78.6 Å². The van der Waals surface area contributed by atoms with Gasteiger partial charge in [-0.2, -0.15) is 0 Å². The average Bonchev–Trinajstić information content (AvgIpc) is 2.47. The summed E-state index contributed by atoms with van der Waals surface area (Å²) in [6.45, 7) is 7.38. The molecule has 2 aliphatic carbocycles. The van der Waals surface area contributed by atoms with Crippen molar-refractivity contribution >= 4 is 0 Å². The van der Waals surface area contributed by atoms with Crippen molar-refractivity contribution < 1.29 is 0 Å². The second-order valence-corrected chi connectivity index (χ2v) is 7.18. The zero-order valence-corrected chi connectivity index (χ0v) is 12.1. The third-order valence-electron chi connectivity index (χ3n) is 5.28. The molecule has 0 amide bonds. The number of rotatable bonds is 2. The van der Waals surface area contributed by atoms with Gasteiger partial charge in [0.2, 0.25) is 0 Å². The van der Waals surface area contributed by atoms with Crippen molar-refractivity contribution in [3.8, 4) is 0 Å². The highest BCUT2D eigenvalue weighted by Gasteiger charge is 2.34. The van der Waals surface area contributed by atoms with Gasteiger partial charge in [-0.25, -0.2) is 0 Å².